The maximum atomic E-state index is 12.4. The number of hydrogen-bond donors (Lipinski definition) is 1. The lowest BCUT2D eigenvalue weighted by Gasteiger charge is -2.17. The van der Waals surface area contributed by atoms with E-state index in [1.54, 1.807) is 5.38 Å². The molecule has 132 valence electrons. The second-order valence-corrected chi connectivity index (χ2v) is 9.72. The van der Waals surface area contributed by atoms with Gasteiger partial charge >= 0.3 is 0 Å². The Hall–Kier alpha value is -1.49. The van der Waals surface area contributed by atoms with E-state index in [2.05, 4.69) is 9.71 Å². The Kier molecular flexibility index (Phi) is 5.97. The van der Waals surface area contributed by atoms with Crippen LogP contribution in [0.25, 0.3) is 0 Å². The van der Waals surface area contributed by atoms with E-state index < -0.39 is 20.0 Å². The molecule has 0 aliphatic carbocycles. The SMILES string of the molecule is CCCCN(C)S(=O)(=O)c1ccc(S(=O)(=O)Nc2nccs2)cc1. The summed E-state index contributed by atoms with van der Waals surface area (Å²) >= 11 is 1.16. The number of nitrogens with zero attached hydrogens (tertiary/aromatic N) is 2. The predicted octanol–water partition coefficient (Wildman–Crippen LogP) is 2.36. The van der Waals surface area contributed by atoms with Crippen molar-refractivity contribution in [3.05, 3.63) is 35.8 Å². The second-order valence-electron chi connectivity index (χ2n) is 5.09. The van der Waals surface area contributed by atoms with Gasteiger partial charge < -0.3 is 0 Å². The molecule has 0 fully saturated rings. The van der Waals surface area contributed by atoms with E-state index in [9.17, 15) is 16.8 Å². The number of anilines is 1. The van der Waals surface area contributed by atoms with Gasteiger partial charge in [0.05, 0.1) is 9.79 Å². The molecule has 0 radical (unpaired) electrons. The minimum Gasteiger partial charge on any atom is -0.255 e. The summed E-state index contributed by atoms with van der Waals surface area (Å²) in [5.41, 5.74) is 0. The summed E-state index contributed by atoms with van der Waals surface area (Å²) in [6.45, 7) is 2.40. The molecule has 10 heteroatoms. The highest BCUT2D eigenvalue weighted by atomic mass is 32.2. The average molecular weight is 390 g/mol. The van der Waals surface area contributed by atoms with Crippen LogP contribution in [0.5, 0.6) is 0 Å². The summed E-state index contributed by atoms with van der Waals surface area (Å²) in [6, 6.07) is 5.15. The molecule has 24 heavy (non-hydrogen) atoms. The molecule has 0 unspecified atom stereocenters. The van der Waals surface area contributed by atoms with Crippen LogP contribution in [-0.4, -0.2) is 39.7 Å². The van der Waals surface area contributed by atoms with Gasteiger partial charge in [0.1, 0.15) is 0 Å². The summed E-state index contributed by atoms with van der Waals surface area (Å²) in [5, 5.41) is 1.91. The molecule has 2 rings (SSSR count). The minimum absolute atomic E-state index is 0.0205. The lowest BCUT2D eigenvalue weighted by Crippen LogP contribution is -2.28. The Morgan fingerprint density at radius 1 is 1.12 bits per heavy atom. The first-order valence-electron chi connectivity index (χ1n) is 7.26. The van der Waals surface area contributed by atoms with Gasteiger partial charge in [0, 0.05) is 25.2 Å². The number of thiazole rings is 1. The fraction of sp³-hybridized carbons (Fsp3) is 0.357. The maximum absolute atomic E-state index is 12.4. The predicted molar refractivity (Wildman–Crippen MR) is 94.1 cm³/mol. The molecule has 1 heterocycles. The lowest BCUT2D eigenvalue weighted by molar-refractivity contribution is 0.459. The molecule has 0 bridgehead atoms. The van der Waals surface area contributed by atoms with Crippen molar-refractivity contribution in [2.45, 2.75) is 29.6 Å². The van der Waals surface area contributed by atoms with E-state index in [4.69, 9.17) is 0 Å². The summed E-state index contributed by atoms with van der Waals surface area (Å²) in [5.74, 6) is 0. The summed E-state index contributed by atoms with van der Waals surface area (Å²) < 4.78 is 52.9. The summed E-state index contributed by atoms with van der Waals surface area (Å²) in [6.07, 6.45) is 3.14. The van der Waals surface area contributed by atoms with Gasteiger partial charge in [-0.25, -0.2) is 26.1 Å². The third kappa shape index (κ3) is 4.32. The normalized spacial score (nSPS) is 12.5. The quantitative estimate of drug-likeness (QED) is 0.748. The highest BCUT2D eigenvalue weighted by molar-refractivity contribution is 7.93. The smallest absolute Gasteiger partial charge is 0.255 e. The Balaban J connectivity index is 2.21. The lowest BCUT2D eigenvalue weighted by atomic mass is 10.3. The second kappa shape index (κ2) is 7.60. The van der Waals surface area contributed by atoms with Crippen LogP contribution in [0.1, 0.15) is 19.8 Å². The Bertz CT molecular complexity index is 860. The molecule has 2 aromatic rings. The zero-order valence-corrected chi connectivity index (χ0v) is 15.8. The number of aromatic nitrogens is 1. The molecule has 0 aliphatic heterocycles. The van der Waals surface area contributed by atoms with Gasteiger partial charge in [0.2, 0.25) is 10.0 Å². The number of unbranched alkanes of at least 4 members (excludes halogenated alkanes) is 1. The highest BCUT2D eigenvalue weighted by Gasteiger charge is 2.22. The number of hydrogen-bond acceptors (Lipinski definition) is 6. The molecule has 0 saturated carbocycles. The number of sulfonamides is 2. The van der Waals surface area contributed by atoms with Crippen molar-refractivity contribution in [2.75, 3.05) is 18.3 Å². The van der Waals surface area contributed by atoms with Crippen molar-refractivity contribution in [3.8, 4) is 0 Å². The number of nitrogens with one attached hydrogen (secondary N) is 1. The van der Waals surface area contributed by atoms with E-state index >= 15 is 0 Å². The van der Waals surface area contributed by atoms with Crippen molar-refractivity contribution < 1.29 is 16.8 Å². The number of benzene rings is 1. The molecule has 1 N–H and O–H groups in total. The van der Waals surface area contributed by atoms with Crippen LogP contribution in [0.2, 0.25) is 0 Å². The first-order valence-corrected chi connectivity index (χ1v) is 11.1. The van der Waals surface area contributed by atoms with Crippen LogP contribution in [0.3, 0.4) is 0 Å². The molecule has 0 amide bonds. The van der Waals surface area contributed by atoms with Crippen molar-refractivity contribution in [2.24, 2.45) is 0 Å². The van der Waals surface area contributed by atoms with Crippen LogP contribution >= 0.6 is 11.3 Å². The molecule has 1 aromatic heterocycles. The average Bonchev–Trinajstić information content (AvgIpc) is 3.04. The van der Waals surface area contributed by atoms with Crippen LogP contribution in [0, 0.1) is 0 Å². The van der Waals surface area contributed by atoms with Crippen LogP contribution in [-0.2, 0) is 20.0 Å². The topological polar surface area (TPSA) is 96.4 Å². The zero-order valence-electron chi connectivity index (χ0n) is 13.3. The third-order valence-electron chi connectivity index (χ3n) is 3.32. The van der Waals surface area contributed by atoms with Crippen molar-refractivity contribution in [1.82, 2.24) is 9.29 Å². The van der Waals surface area contributed by atoms with Crippen LogP contribution in [0.15, 0.2) is 45.6 Å². The maximum Gasteiger partial charge on any atom is 0.263 e. The van der Waals surface area contributed by atoms with Gasteiger partial charge in [0.25, 0.3) is 10.0 Å². The summed E-state index contributed by atoms with van der Waals surface area (Å²) in [7, 11) is -5.89. The van der Waals surface area contributed by atoms with E-state index in [1.165, 1.54) is 41.8 Å². The van der Waals surface area contributed by atoms with E-state index in [0.29, 0.717) is 6.54 Å². The molecule has 0 aliphatic rings. The Morgan fingerprint density at radius 3 is 2.29 bits per heavy atom. The van der Waals surface area contributed by atoms with Gasteiger partial charge in [-0.15, -0.1) is 11.3 Å². The zero-order chi connectivity index (χ0) is 17.8. The number of rotatable bonds is 8. The van der Waals surface area contributed by atoms with Gasteiger partial charge in [-0.2, -0.15) is 0 Å². The molecule has 0 saturated heterocycles. The van der Waals surface area contributed by atoms with Crippen molar-refractivity contribution in [3.63, 3.8) is 0 Å². The van der Waals surface area contributed by atoms with Crippen LogP contribution in [0.4, 0.5) is 5.13 Å². The van der Waals surface area contributed by atoms with Gasteiger partial charge in [-0.3, -0.25) is 4.72 Å². The molecular weight excluding hydrogens is 370 g/mol. The highest BCUT2D eigenvalue weighted by Crippen LogP contribution is 2.21. The Morgan fingerprint density at radius 2 is 1.75 bits per heavy atom. The molecule has 7 nitrogen and oxygen atoms in total. The first-order chi connectivity index (χ1) is 11.3. The van der Waals surface area contributed by atoms with Crippen molar-refractivity contribution >= 4 is 36.5 Å². The molecular formula is C14H19N3O4S3. The van der Waals surface area contributed by atoms with E-state index in [-0.39, 0.29) is 14.9 Å². The van der Waals surface area contributed by atoms with Crippen LogP contribution < -0.4 is 4.72 Å². The Labute approximate surface area is 146 Å². The largest absolute Gasteiger partial charge is 0.263 e. The summed E-state index contributed by atoms with van der Waals surface area (Å²) in [4.78, 5) is 3.90. The molecule has 0 atom stereocenters. The fourth-order valence-electron chi connectivity index (χ4n) is 1.92. The first kappa shape index (κ1) is 18.8. The van der Waals surface area contributed by atoms with Gasteiger partial charge in [0.15, 0.2) is 5.13 Å². The fourth-order valence-corrected chi connectivity index (χ4v) is 4.92. The van der Waals surface area contributed by atoms with Gasteiger partial charge in [-0.05, 0) is 30.7 Å². The van der Waals surface area contributed by atoms with Crippen molar-refractivity contribution in [1.29, 1.82) is 0 Å². The monoisotopic (exact) mass is 389 g/mol. The minimum atomic E-state index is -3.79. The molecule has 1 aromatic carbocycles. The third-order valence-corrected chi connectivity index (χ3v) is 7.37. The van der Waals surface area contributed by atoms with E-state index in [0.717, 1.165) is 24.2 Å². The van der Waals surface area contributed by atoms with Gasteiger partial charge in [-0.1, -0.05) is 13.3 Å². The van der Waals surface area contributed by atoms with E-state index in [1.807, 2.05) is 6.92 Å². The standard InChI is InChI=1S/C14H19N3O4S3/c1-3-4-10-17(2)24(20,21)13-7-5-12(6-8-13)23(18,19)16-14-15-9-11-22-14/h5-9,11H,3-4,10H2,1-2H3,(H,15,16). The molecule has 0 spiro atoms.